The minimum Gasteiger partial charge on any atom is -0.480 e. The van der Waals surface area contributed by atoms with E-state index in [0.717, 1.165) is 22.3 Å². The predicted molar refractivity (Wildman–Crippen MR) is 85.9 cm³/mol. The van der Waals surface area contributed by atoms with Crippen LogP contribution in [0.5, 0.6) is 0 Å². The lowest BCUT2D eigenvalue weighted by atomic mass is 9.75. The van der Waals surface area contributed by atoms with Crippen LogP contribution in [0.15, 0.2) is 36.4 Å². The minimum atomic E-state index is -1.03. The van der Waals surface area contributed by atoms with Gasteiger partial charge in [-0.25, -0.2) is 0 Å². The van der Waals surface area contributed by atoms with Crippen LogP contribution in [0.3, 0.4) is 0 Å². The fourth-order valence-corrected chi connectivity index (χ4v) is 2.52. The SMILES string of the molecule is Cc1ccc(C(C)(C(=O)O)c2ccc(C)c(C)c2)cc1C. The molecule has 110 valence electrons. The third-order valence-corrected chi connectivity index (χ3v) is 4.60. The molecule has 0 atom stereocenters. The van der Waals surface area contributed by atoms with Gasteiger partial charge in [-0.1, -0.05) is 36.4 Å². The van der Waals surface area contributed by atoms with Gasteiger partial charge in [0.1, 0.15) is 5.41 Å². The molecular weight excluding hydrogens is 260 g/mol. The van der Waals surface area contributed by atoms with Gasteiger partial charge >= 0.3 is 5.97 Å². The lowest BCUT2D eigenvalue weighted by Gasteiger charge is -2.27. The zero-order valence-corrected chi connectivity index (χ0v) is 13.3. The first-order chi connectivity index (χ1) is 9.76. The van der Waals surface area contributed by atoms with Crippen molar-refractivity contribution >= 4 is 5.97 Å². The molecule has 0 aliphatic heterocycles. The van der Waals surface area contributed by atoms with Gasteiger partial charge in [0.2, 0.25) is 0 Å². The molecule has 0 radical (unpaired) electrons. The summed E-state index contributed by atoms with van der Waals surface area (Å²) in [7, 11) is 0. The first-order valence-corrected chi connectivity index (χ1v) is 7.15. The fourth-order valence-electron chi connectivity index (χ4n) is 2.52. The van der Waals surface area contributed by atoms with Crippen LogP contribution in [0, 0.1) is 27.7 Å². The van der Waals surface area contributed by atoms with E-state index in [1.807, 2.05) is 64.1 Å². The molecule has 0 saturated heterocycles. The van der Waals surface area contributed by atoms with Crippen LogP contribution in [-0.2, 0) is 10.2 Å². The van der Waals surface area contributed by atoms with Gasteiger partial charge in [0.15, 0.2) is 0 Å². The molecule has 2 aromatic rings. The highest BCUT2D eigenvalue weighted by Crippen LogP contribution is 2.34. The lowest BCUT2D eigenvalue weighted by Crippen LogP contribution is -2.34. The molecule has 1 N–H and O–H groups in total. The number of rotatable bonds is 3. The Morgan fingerprint density at radius 1 is 0.810 bits per heavy atom. The third-order valence-electron chi connectivity index (χ3n) is 4.60. The molecule has 0 bridgehead atoms. The van der Waals surface area contributed by atoms with E-state index in [4.69, 9.17) is 0 Å². The monoisotopic (exact) mass is 282 g/mol. The standard InChI is InChI=1S/C19H22O2/c1-12-6-8-16(10-14(12)3)19(5,18(20)21)17-9-7-13(2)15(4)11-17/h6-11H,1-5H3,(H,20,21). The van der Waals surface area contributed by atoms with Crippen molar-refractivity contribution in [2.24, 2.45) is 0 Å². The molecular formula is C19H22O2. The quantitative estimate of drug-likeness (QED) is 0.910. The van der Waals surface area contributed by atoms with Crippen molar-refractivity contribution in [3.63, 3.8) is 0 Å². The summed E-state index contributed by atoms with van der Waals surface area (Å²) in [5.41, 5.74) is 5.19. The van der Waals surface area contributed by atoms with E-state index in [0.29, 0.717) is 0 Å². The molecule has 0 aliphatic rings. The Bertz CT molecular complexity index is 647. The van der Waals surface area contributed by atoms with Gasteiger partial charge in [-0.2, -0.15) is 0 Å². The summed E-state index contributed by atoms with van der Waals surface area (Å²) in [6.07, 6.45) is 0. The van der Waals surface area contributed by atoms with Gasteiger partial charge in [-0.05, 0) is 68.0 Å². The van der Waals surface area contributed by atoms with Crippen molar-refractivity contribution in [1.29, 1.82) is 0 Å². The number of hydrogen-bond donors (Lipinski definition) is 1. The Kier molecular flexibility index (Phi) is 3.91. The summed E-state index contributed by atoms with van der Waals surface area (Å²) in [5.74, 6) is -0.825. The molecule has 2 rings (SSSR count). The highest BCUT2D eigenvalue weighted by Gasteiger charge is 2.37. The molecule has 0 amide bonds. The Labute approximate surface area is 126 Å². The van der Waals surface area contributed by atoms with Gasteiger partial charge in [-0.3, -0.25) is 4.79 Å². The summed E-state index contributed by atoms with van der Waals surface area (Å²) in [4.78, 5) is 12.0. The van der Waals surface area contributed by atoms with Gasteiger partial charge in [-0.15, -0.1) is 0 Å². The molecule has 0 saturated carbocycles. The molecule has 0 spiro atoms. The van der Waals surface area contributed by atoms with E-state index >= 15 is 0 Å². The Balaban J connectivity index is 2.67. The molecule has 0 fully saturated rings. The van der Waals surface area contributed by atoms with Crippen LogP contribution in [0.4, 0.5) is 0 Å². The summed E-state index contributed by atoms with van der Waals surface area (Å²) in [5, 5.41) is 9.86. The van der Waals surface area contributed by atoms with Gasteiger partial charge in [0.05, 0.1) is 0 Å². The summed E-state index contributed by atoms with van der Waals surface area (Å²) < 4.78 is 0. The largest absolute Gasteiger partial charge is 0.480 e. The second kappa shape index (κ2) is 5.36. The Morgan fingerprint density at radius 3 is 1.48 bits per heavy atom. The van der Waals surface area contributed by atoms with E-state index < -0.39 is 11.4 Å². The molecule has 0 unspecified atom stereocenters. The molecule has 2 aromatic carbocycles. The smallest absolute Gasteiger partial charge is 0.318 e. The van der Waals surface area contributed by atoms with Gasteiger partial charge in [0, 0.05) is 0 Å². The van der Waals surface area contributed by atoms with E-state index in [1.165, 1.54) is 11.1 Å². The zero-order chi connectivity index (χ0) is 15.8. The van der Waals surface area contributed by atoms with Gasteiger partial charge < -0.3 is 5.11 Å². The first-order valence-electron chi connectivity index (χ1n) is 7.15. The number of aryl methyl sites for hydroxylation is 4. The van der Waals surface area contributed by atoms with Crippen molar-refractivity contribution in [3.8, 4) is 0 Å². The summed E-state index contributed by atoms with van der Waals surface area (Å²) >= 11 is 0. The predicted octanol–water partition coefficient (Wildman–Crippen LogP) is 4.31. The van der Waals surface area contributed by atoms with E-state index in [1.54, 1.807) is 6.92 Å². The average Bonchev–Trinajstić information content (AvgIpc) is 2.43. The minimum absolute atomic E-state index is 0.821. The number of carboxylic acids is 1. The Morgan fingerprint density at radius 2 is 1.19 bits per heavy atom. The topological polar surface area (TPSA) is 37.3 Å². The molecule has 21 heavy (non-hydrogen) atoms. The van der Waals surface area contributed by atoms with Crippen LogP contribution < -0.4 is 0 Å². The van der Waals surface area contributed by atoms with Crippen molar-refractivity contribution in [2.75, 3.05) is 0 Å². The average molecular weight is 282 g/mol. The highest BCUT2D eigenvalue weighted by molar-refractivity contribution is 5.85. The molecule has 0 aromatic heterocycles. The summed E-state index contributed by atoms with van der Waals surface area (Å²) in [6.45, 7) is 9.88. The van der Waals surface area contributed by atoms with Crippen LogP contribution in [0.25, 0.3) is 0 Å². The molecule has 2 heteroatoms. The van der Waals surface area contributed by atoms with Crippen molar-refractivity contribution in [3.05, 3.63) is 69.8 Å². The molecule has 0 heterocycles. The van der Waals surface area contributed by atoms with Crippen LogP contribution in [0.2, 0.25) is 0 Å². The van der Waals surface area contributed by atoms with E-state index in [2.05, 4.69) is 0 Å². The van der Waals surface area contributed by atoms with Crippen LogP contribution >= 0.6 is 0 Å². The lowest BCUT2D eigenvalue weighted by molar-refractivity contribution is -0.141. The van der Waals surface area contributed by atoms with Crippen molar-refractivity contribution in [1.82, 2.24) is 0 Å². The Hall–Kier alpha value is -2.09. The zero-order valence-electron chi connectivity index (χ0n) is 13.3. The molecule has 0 aliphatic carbocycles. The van der Waals surface area contributed by atoms with Gasteiger partial charge in [0.25, 0.3) is 0 Å². The second-order valence-electron chi connectivity index (χ2n) is 6.03. The highest BCUT2D eigenvalue weighted by atomic mass is 16.4. The number of carboxylic acid groups (broad SMARTS) is 1. The normalized spacial score (nSPS) is 11.5. The number of benzene rings is 2. The molecule has 2 nitrogen and oxygen atoms in total. The summed E-state index contributed by atoms with van der Waals surface area (Å²) in [6, 6.07) is 11.8. The van der Waals surface area contributed by atoms with Crippen LogP contribution in [-0.4, -0.2) is 11.1 Å². The maximum absolute atomic E-state index is 12.0. The first kappa shape index (κ1) is 15.3. The second-order valence-corrected chi connectivity index (χ2v) is 6.03. The number of aliphatic carboxylic acids is 1. The fraction of sp³-hybridized carbons (Fsp3) is 0.316. The maximum atomic E-state index is 12.0. The third kappa shape index (κ3) is 2.58. The van der Waals surface area contributed by atoms with E-state index in [9.17, 15) is 9.90 Å². The number of hydrogen-bond acceptors (Lipinski definition) is 1. The van der Waals surface area contributed by atoms with Crippen LogP contribution in [0.1, 0.15) is 40.3 Å². The van der Waals surface area contributed by atoms with E-state index in [-0.39, 0.29) is 0 Å². The van der Waals surface area contributed by atoms with Crippen molar-refractivity contribution in [2.45, 2.75) is 40.0 Å². The number of carbonyl (C=O) groups is 1. The maximum Gasteiger partial charge on any atom is 0.318 e. The van der Waals surface area contributed by atoms with Crippen molar-refractivity contribution < 1.29 is 9.90 Å².